The fourth-order valence-corrected chi connectivity index (χ4v) is 2.09. The van der Waals surface area contributed by atoms with Crippen LogP contribution in [0.25, 0.3) is 0 Å². The van der Waals surface area contributed by atoms with Crippen molar-refractivity contribution in [2.24, 2.45) is 10.7 Å². The van der Waals surface area contributed by atoms with E-state index in [0.29, 0.717) is 31.4 Å². The van der Waals surface area contributed by atoms with Crippen molar-refractivity contribution in [3.8, 4) is 0 Å². The highest BCUT2D eigenvalue weighted by atomic mass is 19.4. The molecule has 0 bridgehead atoms. The van der Waals surface area contributed by atoms with E-state index in [1.807, 2.05) is 0 Å². The average Bonchev–Trinajstić information content (AvgIpc) is 2.76. The van der Waals surface area contributed by atoms with Gasteiger partial charge in [0.1, 0.15) is 6.04 Å². The van der Waals surface area contributed by atoms with Gasteiger partial charge in [-0.05, 0) is 31.9 Å². The van der Waals surface area contributed by atoms with E-state index in [-0.39, 0.29) is 24.4 Å². The van der Waals surface area contributed by atoms with Gasteiger partial charge < -0.3 is 20.9 Å². The van der Waals surface area contributed by atoms with Gasteiger partial charge in [0.2, 0.25) is 5.91 Å². The highest BCUT2D eigenvalue weighted by Gasteiger charge is 2.38. The van der Waals surface area contributed by atoms with E-state index in [1.165, 1.54) is 0 Å². The Hall–Kier alpha value is -3.64. The monoisotopic (exact) mass is 478 g/mol. The van der Waals surface area contributed by atoms with Crippen molar-refractivity contribution in [1.82, 2.24) is 10.6 Å². The molecule has 0 radical (unpaired) electrons. The largest absolute Gasteiger partial charge is 0.490 e. The van der Waals surface area contributed by atoms with E-state index in [1.54, 1.807) is 44.2 Å². The zero-order valence-corrected chi connectivity index (χ0v) is 18.1. The molecule has 0 unspecified atom stereocenters. The van der Waals surface area contributed by atoms with Gasteiger partial charge in [0.25, 0.3) is 5.91 Å². The molecule has 1 aromatic carbocycles. The standard InChI is InChI=1S/C18H26N4O4.C2HF3O2/c1-3-15(23)22-18(19)20-12-8-11-14(17(25)26-4-2)21-16(24)13-9-6-5-7-10-13;3-2(4,5)1(6)7/h5-7,9-10,14H,3-4,8,11-12H2,1-2H3,(H,21,24)(H3,19,20,22,23);(H,6,7)/t14-;/m0./s1/i19+1,22+1;. The normalized spacial score (nSPS) is 12.0. The maximum absolute atomic E-state index is 12.2. The van der Waals surface area contributed by atoms with Gasteiger partial charge in [-0.3, -0.25) is 19.9 Å². The number of halogens is 3. The van der Waals surface area contributed by atoms with E-state index in [9.17, 15) is 27.6 Å². The molecule has 1 aromatic rings. The van der Waals surface area contributed by atoms with E-state index < -0.39 is 24.2 Å². The maximum Gasteiger partial charge on any atom is 0.490 e. The first-order valence-corrected chi connectivity index (χ1v) is 9.84. The molecule has 0 aliphatic heterocycles. The number of benzene rings is 1. The number of hydrogen-bond acceptors (Lipinski definition) is 6. The van der Waals surface area contributed by atoms with Crippen LogP contribution in [-0.2, 0) is 19.1 Å². The lowest BCUT2D eigenvalue weighted by Crippen LogP contribution is -2.42. The third kappa shape index (κ3) is 13.4. The summed E-state index contributed by atoms with van der Waals surface area (Å²) in [6.07, 6.45) is -3.94. The van der Waals surface area contributed by atoms with Gasteiger partial charge in [0, 0.05) is 18.5 Å². The van der Waals surface area contributed by atoms with Crippen molar-refractivity contribution in [3.05, 3.63) is 35.9 Å². The Morgan fingerprint density at radius 1 is 1.15 bits per heavy atom. The van der Waals surface area contributed by atoms with Crippen LogP contribution in [0.1, 0.15) is 43.5 Å². The number of nitrogens with two attached hydrogens (primary N) is 1. The van der Waals surface area contributed by atoms with Crippen molar-refractivity contribution in [2.45, 2.75) is 45.3 Å². The molecule has 0 heterocycles. The first kappa shape index (κ1) is 29.4. The molecule has 0 saturated heterocycles. The second-order valence-electron chi connectivity index (χ2n) is 6.26. The lowest BCUT2D eigenvalue weighted by molar-refractivity contribution is -0.192. The number of carbonyl (C=O) groups is 4. The first-order valence-electron chi connectivity index (χ1n) is 9.84. The predicted molar refractivity (Wildman–Crippen MR) is 112 cm³/mol. The third-order valence-electron chi connectivity index (χ3n) is 3.68. The van der Waals surface area contributed by atoms with Gasteiger partial charge in [0.15, 0.2) is 5.96 Å². The minimum Gasteiger partial charge on any atom is -0.475 e. The Balaban J connectivity index is 0.00000126. The number of ether oxygens (including phenoxy) is 1. The highest BCUT2D eigenvalue weighted by Crippen LogP contribution is 2.13. The quantitative estimate of drug-likeness (QED) is 0.138. The zero-order chi connectivity index (χ0) is 25.4. The molecule has 10 nitrogen and oxygen atoms in total. The molecular formula is C20H27F3N4O6. The summed E-state index contributed by atoms with van der Waals surface area (Å²) in [5.74, 6) is -3.77. The van der Waals surface area contributed by atoms with Crippen LogP contribution in [0.4, 0.5) is 13.2 Å². The van der Waals surface area contributed by atoms with Crippen LogP contribution in [0.3, 0.4) is 0 Å². The Labute approximate surface area is 188 Å². The van der Waals surface area contributed by atoms with Crippen LogP contribution in [0.5, 0.6) is 0 Å². The van der Waals surface area contributed by atoms with Gasteiger partial charge >= 0.3 is 18.1 Å². The number of hydrogen-bond donors (Lipinski definition) is 4. The van der Waals surface area contributed by atoms with Gasteiger partial charge in [-0.25, -0.2) is 9.59 Å². The molecule has 1 rings (SSSR count). The number of nitrogens with one attached hydrogen (secondary N) is 2. The number of esters is 1. The molecule has 33 heavy (non-hydrogen) atoms. The molecular weight excluding hydrogens is 451 g/mol. The molecule has 0 spiro atoms. The Bertz CT molecular complexity index is 816. The molecule has 13 heteroatoms. The fourth-order valence-electron chi connectivity index (χ4n) is 2.09. The molecule has 0 aromatic heterocycles. The van der Waals surface area contributed by atoms with Crippen molar-refractivity contribution in [1.29, 1.82) is 0 Å². The van der Waals surface area contributed by atoms with Crippen molar-refractivity contribution in [3.63, 3.8) is 0 Å². The number of aliphatic carboxylic acids is 1. The van der Waals surface area contributed by atoms with Crippen LogP contribution in [0, 0.1) is 0 Å². The first-order chi connectivity index (χ1) is 15.4. The van der Waals surface area contributed by atoms with Gasteiger partial charge in [0.05, 0.1) is 6.61 Å². The van der Waals surface area contributed by atoms with Crippen LogP contribution >= 0.6 is 0 Å². The number of rotatable bonds is 9. The minimum absolute atomic E-state index is 0.0397. The topological polar surface area (TPSA) is 160 Å². The second kappa shape index (κ2) is 15.2. The lowest BCUT2D eigenvalue weighted by Gasteiger charge is -2.17. The number of alkyl halides is 3. The summed E-state index contributed by atoms with van der Waals surface area (Å²) in [7, 11) is 0. The van der Waals surface area contributed by atoms with E-state index in [0.717, 1.165) is 0 Å². The van der Waals surface area contributed by atoms with Gasteiger partial charge in [-0.1, -0.05) is 25.1 Å². The van der Waals surface area contributed by atoms with Crippen molar-refractivity contribution < 1.29 is 42.2 Å². The predicted octanol–water partition coefficient (Wildman–Crippen LogP) is 1.60. The smallest absolute Gasteiger partial charge is 0.475 e. The molecule has 184 valence electrons. The van der Waals surface area contributed by atoms with Crippen LogP contribution < -0.4 is 16.4 Å². The fraction of sp³-hybridized carbons (Fsp3) is 0.450. The number of carbonyl (C=O) groups excluding carboxylic acids is 3. The summed E-state index contributed by atoms with van der Waals surface area (Å²) < 4.78 is 36.8. The van der Waals surface area contributed by atoms with Gasteiger partial charge in [-0.2, -0.15) is 13.2 Å². The van der Waals surface area contributed by atoms with E-state index in [2.05, 4.69) is 15.6 Å². The molecule has 0 aliphatic carbocycles. The Morgan fingerprint density at radius 2 is 1.73 bits per heavy atom. The summed E-state index contributed by atoms with van der Waals surface area (Å²) >= 11 is 0. The van der Waals surface area contributed by atoms with Gasteiger partial charge in [-0.15, -0.1) is 0 Å². The number of guanidine groups is 1. The summed E-state index contributed by atoms with van der Waals surface area (Å²) in [4.78, 5) is 48.4. The average molecular weight is 478 g/mol. The van der Waals surface area contributed by atoms with E-state index >= 15 is 0 Å². The van der Waals surface area contributed by atoms with Crippen LogP contribution in [0.2, 0.25) is 0 Å². The summed E-state index contributed by atoms with van der Waals surface area (Å²) in [5.41, 5.74) is 6.05. The Kier molecular flexibility index (Phi) is 13.5. The van der Waals surface area contributed by atoms with Crippen LogP contribution in [0.15, 0.2) is 35.3 Å². The SMILES string of the molecule is CCOC(=O)[C@H](CCCN=C([15NH2])[15NH]C(=O)CC)NC(=O)c1ccccc1.O=C(O)C(F)(F)F. The number of aliphatic imine (C=N–C) groups is 1. The second-order valence-corrected chi connectivity index (χ2v) is 6.26. The minimum atomic E-state index is -5.08. The molecule has 0 saturated carbocycles. The molecule has 0 fully saturated rings. The third-order valence-corrected chi connectivity index (χ3v) is 3.68. The summed E-state index contributed by atoms with van der Waals surface area (Å²) in [5, 5.41) is 12.3. The molecule has 1 atom stereocenters. The number of carboxylic acid groups (broad SMARTS) is 1. The molecule has 2 amide bonds. The lowest BCUT2D eigenvalue weighted by atomic mass is 10.1. The maximum atomic E-state index is 12.2. The number of carboxylic acids is 1. The summed E-state index contributed by atoms with van der Waals surface area (Å²) in [6, 6.07) is 7.86. The molecule has 5 N–H and O–H groups in total. The van der Waals surface area contributed by atoms with Crippen molar-refractivity contribution in [2.75, 3.05) is 13.2 Å². The zero-order valence-electron chi connectivity index (χ0n) is 18.1. The number of amides is 2. The van der Waals surface area contributed by atoms with Crippen LogP contribution in [-0.4, -0.2) is 60.2 Å². The van der Waals surface area contributed by atoms with E-state index in [4.69, 9.17) is 20.4 Å². The summed E-state index contributed by atoms with van der Waals surface area (Å²) in [6.45, 7) is 3.95. The Morgan fingerprint density at radius 3 is 2.21 bits per heavy atom. The highest BCUT2D eigenvalue weighted by molar-refractivity contribution is 5.97. The molecule has 0 aliphatic rings. The number of nitrogens with zero attached hydrogens (tertiary/aromatic N) is 1. The van der Waals surface area contributed by atoms with Crippen molar-refractivity contribution >= 4 is 29.7 Å².